The van der Waals surface area contributed by atoms with Crippen LogP contribution in [-0.4, -0.2) is 84.3 Å². The van der Waals surface area contributed by atoms with Crippen LogP contribution in [0.5, 0.6) is 17.2 Å². The van der Waals surface area contributed by atoms with E-state index in [0.29, 0.717) is 56.3 Å². The number of benzene rings is 2. The van der Waals surface area contributed by atoms with Crippen molar-refractivity contribution in [1.82, 2.24) is 9.80 Å². The number of unbranched alkanes of at least 4 members (excludes halogenated alkanes) is 1. The molecule has 0 spiro atoms. The SMILES string of the molecule is CCCCOc1ccc(/C(O)=C2\C(=O)C(=O)N(CCCN3CCOCC3)C2c2ccc(O)c(OCC)c2)cc1. The molecule has 0 bridgehead atoms. The molecule has 4 rings (SSSR count). The number of nitrogens with zero attached hydrogens (tertiary/aromatic N) is 2. The van der Waals surface area contributed by atoms with Gasteiger partial charge in [0.05, 0.1) is 38.0 Å². The van der Waals surface area contributed by atoms with Gasteiger partial charge >= 0.3 is 0 Å². The van der Waals surface area contributed by atoms with Crippen molar-refractivity contribution >= 4 is 17.4 Å². The number of aliphatic hydroxyl groups excluding tert-OH is 1. The molecule has 0 aliphatic carbocycles. The van der Waals surface area contributed by atoms with Crippen LogP contribution in [0.3, 0.4) is 0 Å². The van der Waals surface area contributed by atoms with Crippen molar-refractivity contribution in [3.05, 3.63) is 59.2 Å². The Hall–Kier alpha value is -3.56. The molecule has 2 aromatic carbocycles. The summed E-state index contributed by atoms with van der Waals surface area (Å²) in [6, 6.07) is 10.8. The van der Waals surface area contributed by atoms with Gasteiger partial charge in [-0.25, -0.2) is 0 Å². The molecule has 2 fully saturated rings. The summed E-state index contributed by atoms with van der Waals surface area (Å²) in [5.74, 6) is -0.765. The Kier molecular flexibility index (Phi) is 9.84. The minimum atomic E-state index is -0.824. The average molecular weight is 539 g/mol. The van der Waals surface area contributed by atoms with Gasteiger partial charge in [-0.1, -0.05) is 19.4 Å². The van der Waals surface area contributed by atoms with Crippen molar-refractivity contribution in [2.75, 3.05) is 52.6 Å². The maximum absolute atomic E-state index is 13.4. The van der Waals surface area contributed by atoms with E-state index in [1.807, 2.05) is 0 Å². The Morgan fingerprint density at radius 3 is 2.44 bits per heavy atom. The second kappa shape index (κ2) is 13.5. The third-order valence-corrected chi connectivity index (χ3v) is 7.01. The van der Waals surface area contributed by atoms with Crippen LogP contribution in [0.4, 0.5) is 0 Å². The highest BCUT2D eigenvalue weighted by atomic mass is 16.5. The van der Waals surface area contributed by atoms with Crippen LogP contribution >= 0.6 is 0 Å². The summed E-state index contributed by atoms with van der Waals surface area (Å²) in [4.78, 5) is 30.4. The van der Waals surface area contributed by atoms with Gasteiger partial charge in [0.25, 0.3) is 11.7 Å². The maximum atomic E-state index is 13.4. The highest BCUT2D eigenvalue weighted by molar-refractivity contribution is 6.46. The number of hydrogen-bond donors (Lipinski definition) is 2. The van der Waals surface area contributed by atoms with E-state index in [9.17, 15) is 19.8 Å². The first-order chi connectivity index (χ1) is 18.9. The van der Waals surface area contributed by atoms with Crippen LogP contribution < -0.4 is 9.47 Å². The first-order valence-electron chi connectivity index (χ1n) is 13.7. The number of ether oxygens (including phenoxy) is 3. The maximum Gasteiger partial charge on any atom is 0.295 e. The summed E-state index contributed by atoms with van der Waals surface area (Å²) in [6.07, 6.45) is 2.62. The summed E-state index contributed by atoms with van der Waals surface area (Å²) in [6.45, 7) is 8.94. The number of aliphatic hydroxyl groups is 1. The fraction of sp³-hybridized carbons (Fsp3) is 0.467. The molecule has 2 heterocycles. The zero-order valence-corrected chi connectivity index (χ0v) is 22.7. The Balaban J connectivity index is 1.66. The van der Waals surface area contributed by atoms with Gasteiger partial charge in [-0.15, -0.1) is 0 Å². The molecule has 1 atom stereocenters. The van der Waals surface area contributed by atoms with Crippen LogP contribution in [-0.2, 0) is 14.3 Å². The standard InChI is InChI=1S/C30H38N2O7/c1-3-5-17-39-23-10-7-21(8-11-23)28(34)26-27(22-9-12-24(33)25(20-22)38-4-2)32(30(36)29(26)35)14-6-13-31-15-18-37-19-16-31/h7-12,20,27,33-34H,3-6,13-19H2,1-2H3/b28-26+. The van der Waals surface area contributed by atoms with E-state index in [1.54, 1.807) is 43.3 Å². The molecular formula is C30H38N2O7. The van der Waals surface area contributed by atoms with Crippen molar-refractivity contribution in [3.8, 4) is 17.2 Å². The number of Topliss-reactive ketones (excluding diaryl/α,β-unsaturated/α-hetero) is 1. The summed E-state index contributed by atoms with van der Waals surface area (Å²) in [5, 5.41) is 21.6. The average Bonchev–Trinajstić information content (AvgIpc) is 3.20. The Morgan fingerprint density at radius 1 is 1.00 bits per heavy atom. The van der Waals surface area contributed by atoms with E-state index in [-0.39, 0.29) is 22.8 Å². The third-order valence-electron chi connectivity index (χ3n) is 7.01. The minimum Gasteiger partial charge on any atom is -0.507 e. The van der Waals surface area contributed by atoms with Crippen LogP contribution in [0.2, 0.25) is 0 Å². The number of hydrogen-bond acceptors (Lipinski definition) is 8. The predicted octanol–water partition coefficient (Wildman–Crippen LogP) is 4.11. The lowest BCUT2D eigenvalue weighted by molar-refractivity contribution is -0.140. The zero-order chi connectivity index (χ0) is 27.8. The van der Waals surface area contributed by atoms with Gasteiger partial charge in [-0.2, -0.15) is 0 Å². The molecule has 0 aromatic heterocycles. The van der Waals surface area contributed by atoms with Crippen LogP contribution in [0.1, 0.15) is 50.3 Å². The molecule has 210 valence electrons. The van der Waals surface area contributed by atoms with Gasteiger partial charge in [-0.3, -0.25) is 14.5 Å². The van der Waals surface area contributed by atoms with E-state index >= 15 is 0 Å². The van der Waals surface area contributed by atoms with E-state index in [2.05, 4.69) is 11.8 Å². The van der Waals surface area contributed by atoms with E-state index in [0.717, 1.165) is 32.5 Å². The molecule has 2 saturated heterocycles. The molecule has 0 radical (unpaired) electrons. The summed E-state index contributed by atoms with van der Waals surface area (Å²) in [7, 11) is 0. The monoisotopic (exact) mass is 538 g/mol. The van der Waals surface area contributed by atoms with Gasteiger partial charge in [0.15, 0.2) is 11.5 Å². The third kappa shape index (κ3) is 6.72. The number of phenols is 1. The highest BCUT2D eigenvalue weighted by Crippen LogP contribution is 2.42. The first kappa shape index (κ1) is 28.4. The van der Waals surface area contributed by atoms with Crippen LogP contribution in [0.15, 0.2) is 48.0 Å². The fourth-order valence-electron chi connectivity index (χ4n) is 4.92. The molecule has 2 aromatic rings. The predicted molar refractivity (Wildman–Crippen MR) is 147 cm³/mol. The van der Waals surface area contributed by atoms with Crippen molar-refractivity contribution in [3.63, 3.8) is 0 Å². The minimum absolute atomic E-state index is 0.0131. The normalized spacial score (nSPS) is 19.4. The van der Waals surface area contributed by atoms with Gasteiger partial charge in [0.2, 0.25) is 0 Å². The quantitative estimate of drug-likeness (QED) is 0.180. The van der Waals surface area contributed by atoms with Crippen LogP contribution in [0.25, 0.3) is 5.76 Å². The molecule has 0 saturated carbocycles. The molecule has 2 aliphatic heterocycles. The fourth-order valence-corrected chi connectivity index (χ4v) is 4.92. The van der Waals surface area contributed by atoms with Crippen LogP contribution in [0, 0.1) is 0 Å². The zero-order valence-electron chi connectivity index (χ0n) is 22.7. The lowest BCUT2D eigenvalue weighted by atomic mass is 9.95. The topological polar surface area (TPSA) is 109 Å². The van der Waals surface area contributed by atoms with Gasteiger partial charge in [0, 0.05) is 31.7 Å². The number of carbonyl (C=O) groups is 2. The highest BCUT2D eigenvalue weighted by Gasteiger charge is 2.46. The first-order valence-corrected chi connectivity index (χ1v) is 13.7. The molecule has 1 amide bonds. The van der Waals surface area contributed by atoms with Gasteiger partial charge in [0.1, 0.15) is 11.5 Å². The Morgan fingerprint density at radius 2 is 1.74 bits per heavy atom. The molecule has 9 nitrogen and oxygen atoms in total. The van der Waals surface area contributed by atoms with E-state index in [1.165, 1.54) is 11.0 Å². The molecule has 9 heteroatoms. The number of morpholine rings is 1. The van der Waals surface area contributed by atoms with Gasteiger partial charge < -0.3 is 29.3 Å². The molecule has 2 N–H and O–H groups in total. The Bertz CT molecular complexity index is 1170. The summed E-state index contributed by atoms with van der Waals surface area (Å²) < 4.78 is 16.7. The number of rotatable bonds is 12. The van der Waals surface area contributed by atoms with Crippen molar-refractivity contribution in [2.24, 2.45) is 0 Å². The molecular weight excluding hydrogens is 500 g/mol. The lowest BCUT2D eigenvalue weighted by Gasteiger charge is -2.29. The summed E-state index contributed by atoms with van der Waals surface area (Å²) in [5.41, 5.74) is 1.00. The largest absolute Gasteiger partial charge is 0.507 e. The Labute approximate surface area is 229 Å². The van der Waals surface area contributed by atoms with Crippen molar-refractivity contribution in [2.45, 2.75) is 39.2 Å². The number of phenolic OH excluding ortho intramolecular Hbond substituents is 1. The summed E-state index contributed by atoms with van der Waals surface area (Å²) >= 11 is 0. The second-order valence-electron chi connectivity index (χ2n) is 9.69. The second-order valence-corrected chi connectivity index (χ2v) is 9.69. The number of ketones is 1. The molecule has 39 heavy (non-hydrogen) atoms. The number of amides is 1. The van der Waals surface area contributed by atoms with Crippen molar-refractivity contribution < 1.29 is 34.0 Å². The number of likely N-dealkylation sites (tertiary alicyclic amines) is 1. The van der Waals surface area contributed by atoms with Crippen molar-refractivity contribution in [1.29, 1.82) is 0 Å². The van der Waals surface area contributed by atoms with Gasteiger partial charge in [-0.05, 0) is 61.7 Å². The molecule has 2 aliphatic rings. The number of carbonyl (C=O) groups excluding carboxylic acids is 2. The molecule has 1 unspecified atom stereocenters. The smallest absolute Gasteiger partial charge is 0.295 e. The number of aromatic hydroxyl groups is 1. The lowest BCUT2D eigenvalue weighted by Crippen LogP contribution is -2.38. The van der Waals surface area contributed by atoms with E-state index in [4.69, 9.17) is 14.2 Å². The van der Waals surface area contributed by atoms with E-state index < -0.39 is 17.7 Å².